The van der Waals surface area contributed by atoms with Crippen LogP contribution in [0.25, 0.3) is 0 Å². The molecule has 1 atom stereocenters. The molecule has 1 fully saturated rings. The number of methoxy groups -OCH3 is 1. The van der Waals surface area contributed by atoms with Gasteiger partial charge >= 0.3 is 0 Å². The maximum atomic E-state index is 13.4. The van der Waals surface area contributed by atoms with Crippen molar-refractivity contribution in [2.45, 2.75) is 51.6 Å². The Morgan fingerprint density at radius 3 is 2.60 bits per heavy atom. The number of rotatable bonds is 5. The maximum absolute atomic E-state index is 13.4. The fourth-order valence-electron chi connectivity index (χ4n) is 3.39. The van der Waals surface area contributed by atoms with Crippen molar-refractivity contribution in [3.8, 4) is 5.75 Å². The molecule has 3 heteroatoms. The molecule has 2 rings (SSSR count). The lowest BCUT2D eigenvalue weighted by Gasteiger charge is -2.32. The van der Waals surface area contributed by atoms with Crippen LogP contribution >= 0.6 is 0 Å². The molecule has 1 aromatic rings. The SMILES string of the molecule is CCCC1CCC(C(O)c2cc(F)ccc2OC)CC1. The molecule has 1 aliphatic carbocycles. The molecule has 1 aromatic carbocycles. The van der Waals surface area contributed by atoms with Crippen molar-refractivity contribution >= 4 is 0 Å². The van der Waals surface area contributed by atoms with Crippen LogP contribution in [0.5, 0.6) is 5.75 Å². The Balaban J connectivity index is 2.05. The van der Waals surface area contributed by atoms with Crippen LogP contribution in [0.4, 0.5) is 4.39 Å². The highest BCUT2D eigenvalue weighted by Gasteiger charge is 2.28. The molecule has 112 valence electrons. The van der Waals surface area contributed by atoms with Crippen molar-refractivity contribution in [2.24, 2.45) is 11.8 Å². The molecule has 1 unspecified atom stereocenters. The monoisotopic (exact) mass is 280 g/mol. The van der Waals surface area contributed by atoms with E-state index in [-0.39, 0.29) is 11.7 Å². The van der Waals surface area contributed by atoms with Crippen molar-refractivity contribution in [1.82, 2.24) is 0 Å². The normalized spacial score (nSPS) is 24.4. The van der Waals surface area contributed by atoms with E-state index in [4.69, 9.17) is 4.74 Å². The Labute approximate surface area is 121 Å². The van der Waals surface area contributed by atoms with Crippen molar-refractivity contribution in [2.75, 3.05) is 7.11 Å². The van der Waals surface area contributed by atoms with E-state index in [0.29, 0.717) is 11.3 Å². The molecule has 0 amide bonds. The molecule has 0 saturated heterocycles. The van der Waals surface area contributed by atoms with Gasteiger partial charge in [0, 0.05) is 5.56 Å². The lowest BCUT2D eigenvalue weighted by Crippen LogP contribution is -2.21. The van der Waals surface area contributed by atoms with E-state index in [1.54, 1.807) is 13.2 Å². The average molecular weight is 280 g/mol. The van der Waals surface area contributed by atoms with Crippen molar-refractivity contribution in [1.29, 1.82) is 0 Å². The van der Waals surface area contributed by atoms with Crippen molar-refractivity contribution in [3.63, 3.8) is 0 Å². The Kier molecular flexibility index (Phi) is 5.41. The molecule has 20 heavy (non-hydrogen) atoms. The molecule has 1 N–H and O–H groups in total. The molecule has 2 nitrogen and oxygen atoms in total. The van der Waals surface area contributed by atoms with Gasteiger partial charge in [-0.15, -0.1) is 0 Å². The van der Waals surface area contributed by atoms with Crippen LogP contribution in [0.3, 0.4) is 0 Å². The second kappa shape index (κ2) is 7.07. The molecule has 0 aromatic heterocycles. The third-order valence-corrected chi connectivity index (χ3v) is 4.55. The molecular weight excluding hydrogens is 255 g/mol. The molecule has 1 aliphatic rings. The highest BCUT2D eigenvalue weighted by molar-refractivity contribution is 5.36. The summed E-state index contributed by atoms with van der Waals surface area (Å²) in [7, 11) is 1.56. The van der Waals surface area contributed by atoms with Gasteiger partial charge in [-0.05, 0) is 42.9 Å². The number of aliphatic hydroxyl groups excluding tert-OH is 1. The second-order valence-electron chi connectivity index (χ2n) is 5.90. The van der Waals surface area contributed by atoms with Gasteiger partial charge < -0.3 is 9.84 Å². The zero-order valence-electron chi connectivity index (χ0n) is 12.4. The summed E-state index contributed by atoms with van der Waals surface area (Å²) in [5.41, 5.74) is 0.589. The minimum atomic E-state index is -0.622. The quantitative estimate of drug-likeness (QED) is 0.862. The van der Waals surface area contributed by atoms with E-state index in [2.05, 4.69) is 6.92 Å². The first-order valence-corrected chi connectivity index (χ1v) is 7.67. The minimum absolute atomic E-state index is 0.221. The summed E-state index contributed by atoms with van der Waals surface area (Å²) in [6, 6.07) is 4.37. The van der Waals surface area contributed by atoms with Gasteiger partial charge in [0.2, 0.25) is 0 Å². The van der Waals surface area contributed by atoms with E-state index in [0.717, 1.165) is 18.8 Å². The molecule has 0 heterocycles. The van der Waals surface area contributed by atoms with Crippen LogP contribution in [-0.2, 0) is 0 Å². The first kappa shape index (κ1) is 15.3. The van der Waals surface area contributed by atoms with Gasteiger partial charge in [0.15, 0.2) is 0 Å². The number of halogens is 1. The van der Waals surface area contributed by atoms with Gasteiger partial charge in [-0.1, -0.05) is 32.6 Å². The fourth-order valence-corrected chi connectivity index (χ4v) is 3.39. The minimum Gasteiger partial charge on any atom is -0.496 e. The van der Waals surface area contributed by atoms with Gasteiger partial charge in [0.1, 0.15) is 11.6 Å². The molecule has 0 radical (unpaired) electrons. The molecule has 0 bridgehead atoms. The summed E-state index contributed by atoms with van der Waals surface area (Å²) in [5.74, 6) is 1.28. The Morgan fingerprint density at radius 1 is 1.30 bits per heavy atom. The number of ether oxygens (including phenoxy) is 1. The molecule has 1 saturated carbocycles. The number of benzene rings is 1. The van der Waals surface area contributed by atoms with Gasteiger partial charge in [-0.25, -0.2) is 4.39 Å². The lowest BCUT2D eigenvalue weighted by atomic mass is 9.76. The van der Waals surface area contributed by atoms with Gasteiger partial charge in [0.05, 0.1) is 13.2 Å². The lowest BCUT2D eigenvalue weighted by molar-refractivity contribution is 0.0699. The van der Waals surface area contributed by atoms with Gasteiger partial charge in [-0.3, -0.25) is 0 Å². The van der Waals surface area contributed by atoms with Crippen molar-refractivity contribution < 1.29 is 14.2 Å². The summed E-state index contributed by atoms with van der Waals surface area (Å²) >= 11 is 0. The van der Waals surface area contributed by atoms with E-state index >= 15 is 0 Å². The highest BCUT2D eigenvalue weighted by atomic mass is 19.1. The summed E-state index contributed by atoms with van der Waals surface area (Å²) in [6.07, 6.45) is 6.28. The topological polar surface area (TPSA) is 29.5 Å². The highest BCUT2D eigenvalue weighted by Crippen LogP contribution is 2.40. The maximum Gasteiger partial charge on any atom is 0.124 e. The third kappa shape index (κ3) is 3.51. The molecule has 0 aliphatic heterocycles. The molecule has 0 spiro atoms. The van der Waals surface area contributed by atoms with Crippen LogP contribution in [0.2, 0.25) is 0 Å². The predicted molar refractivity (Wildman–Crippen MR) is 78.3 cm³/mol. The van der Waals surface area contributed by atoms with Crippen molar-refractivity contribution in [3.05, 3.63) is 29.6 Å². The number of aliphatic hydroxyl groups is 1. The Bertz CT molecular complexity index is 425. The third-order valence-electron chi connectivity index (χ3n) is 4.55. The summed E-state index contributed by atoms with van der Waals surface area (Å²) in [5, 5.41) is 10.6. The van der Waals surface area contributed by atoms with Crippen LogP contribution in [-0.4, -0.2) is 12.2 Å². The summed E-state index contributed by atoms with van der Waals surface area (Å²) in [4.78, 5) is 0. The zero-order valence-corrected chi connectivity index (χ0v) is 12.4. The van der Waals surface area contributed by atoms with E-state index in [9.17, 15) is 9.50 Å². The second-order valence-corrected chi connectivity index (χ2v) is 5.90. The number of hydrogen-bond donors (Lipinski definition) is 1. The number of hydrogen-bond acceptors (Lipinski definition) is 2. The summed E-state index contributed by atoms with van der Waals surface area (Å²) in [6.45, 7) is 2.22. The van der Waals surface area contributed by atoms with Crippen LogP contribution < -0.4 is 4.74 Å². The molecular formula is C17H25FO2. The fraction of sp³-hybridized carbons (Fsp3) is 0.647. The first-order chi connectivity index (χ1) is 9.65. The van der Waals surface area contributed by atoms with E-state index in [1.165, 1.54) is 37.8 Å². The summed E-state index contributed by atoms with van der Waals surface area (Å²) < 4.78 is 18.7. The smallest absolute Gasteiger partial charge is 0.124 e. The van der Waals surface area contributed by atoms with Gasteiger partial charge in [0.25, 0.3) is 0 Å². The Hall–Kier alpha value is -1.09. The van der Waals surface area contributed by atoms with Gasteiger partial charge in [-0.2, -0.15) is 0 Å². The standard InChI is InChI=1S/C17H25FO2/c1-3-4-12-5-7-13(8-6-12)17(19)15-11-14(18)9-10-16(15)20-2/h9-13,17,19H,3-8H2,1-2H3. The largest absolute Gasteiger partial charge is 0.496 e. The van der Waals surface area contributed by atoms with Crippen LogP contribution in [0, 0.1) is 17.7 Å². The van der Waals surface area contributed by atoms with E-state index < -0.39 is 6.10 Å². The van der Waals surface area contributed by atoms with Crippen LogP contribution in [0.1, 0.15) is 57.1 Å². The first-order valence-electron chi connectivity index (χ1n) is 7.67. The van der Waals surface area contributed by atoms with Crippen LogP contribution in [0.15, 0.2) is 18.2 Å². The average Bonchev–Trinajstić information content (AvgIpc) is 2.47. The predicted octanol–water partition coefficient (Wildman–Crippen LogP) is 4.47. The Morgan fingerprint density at radius 2 is 2.00 bits per heavy atom. The zero-order chi connectivity index (χ0) is 14.5. The van der Waals surface area contributed by atoms with E-state index in [1.807, 2.05) is 0 Å².